The number of carbonyl (C=O) groups excluding carboxylic acids is 1. The van der Waals surface area contributed by atoms with Crippen LogP contribution >= 0.6 is 0 Å². The minimum absolute atomic E-state index is 0.00439. The van der Waals surface area contributed by atoms with Gasteiger partial charge in [-0.05, 0) is 29.5 Å². The number of nitrogens with one attached hydrogen (secondary N) is 1. The summed E-state index contributed by atoms with van der Waals surface area (Å²) in [7, 11) is 0. The van der Waals surface area contributed by atoms with Crippen molar-refractivity contribution in [1.82, 2.24) is 10.2 Å². The standard InChI is InChI=1S/C31H40N2O6/c1-2-17-33(26-5-3-4-6-26)20-27-18-28(24-11-9-23(21-34)10-12-24)39-31(38-27)25-13-7-22(8-14-25)19-32-29(35)15-16-30(36)37/h2,7-14,26-28,31,34H,1,3-6,15-21H2,(H,32,35)(H,36,37). The number of aliphatic carboxylic acids is 1. The molecule has 1 saturated carbocycles. The molecule has 1 heterocycles. The SMILES string of the molecule is C=CCN(CC1CC(c2ccc(CO)cc2)OC(c2ccc(CNC(=O)CCC(=O)O)cc2)O1)C1CCCC1. The van der Waals surface area contributed by atoms with Gasteiger partial charge in [0.25, 0.3) is 0 Å². The first-order chi connectivity index (χ1) is 18.9. The highest BCUT2D eigenvalue weighted by atomic mass is 16.7. The molecule has 2 aliphatic rings. The Hall–Kier alpha value is -3.04. The Kier molecular flexibility index (Phi) is 10.7. The maximum absolute atomic E-state index is 11.9. The predicted molar refractivity (Wildman–Crippen MR) is 148 cm³/mol. The fourth-order valence-corrected chi connectivity index (χ4v) is 5.40. The summed E-state index contributed by atoms with van der Waals surface area (Å²) in [6.07, 6.45) is 6.71. The lowest BCUT2D eigenvalue weighted by atomic mass is 9.99. The van der Waals surface area contributed by atoms with Crippen LogP contribution in [0, 0.1) is 0 Å². The van der Waals surface area contributed by atoms with E-state index in [0.717, 1.165) is 41.8 Å². The smallest absolute Gasteiger partial charge is 0.303 e. The van der Waals surface area contributed by atoms with E-state index in [4.69, 9.17) is 14.6 Å². The molecule has 210 valence electrons. The molecule has 1 aliphatic carbocycles. The first kappa shape index (κ1) is 29.0. The fourth-order valence-electron chi connectivity index (χ4n) is 5.40. The number of hydrogen-bond donors (Lipinski definition) is 3. The quantitative estimate of drug-likeness (QED) is 0.320. The van der Waals surface area contributed by atoms with Gasteiger partial charge in [-0.1, -0.05) is 67.4 Å². The zero-order valence-corrected chi connectivity index (χ0v) is 22.5. The maximum Gasteiger partial charge on any atom is 0.303 e. The molecule has 1 saturated heterocycles. The van der Waals surface area contributed by atoms with E-state index in [2.05, 4.69) is 16.8 Å². The van der Waals surface area contributed by atoms with E-state index in [0.29, 0.717) is 12.6 Å². The van der Waals surface area contributed by atoms with Gasteiger partial charge in [-0.15, -0.1) is 6.58 Å². The van der Waals surface area contributed by atoms with Crippen LogP contribution in [0.25, 0.3) is 0 Å². The first-order valence-corrected chi connectivity index (χ1v) is 13.9. The topological polar surface area (TPSA) is 108 Å². The average Bonchev–Trinajstić information content (AvgIpc) is 3.50. The van der Waals surface area contributed by atoms with Gasteiger partial charge in [0.2, 0.25) is 5.91 Å². The van der Waals surface area contributed by atoms with E-state index >= 15 is 0 Å². The molecule has 0 aromatic heterocycles. The van der Waals surface area contributed by atoms with Gasteiger partial charge in [0, 0.05) is 44.1 Å². The van der Waals surface area contributed by atoms with Crippen molar-refractivity contribution in [3.63, 3.8) is 0 Å². The zero-order valence-electron chi connectivity index (χ0n) is 22.5. The summed E-state index contributed by atoms with van der Waals surface area (Å²) in [6.45, 7) is 5.95. The van der Waals surface area contributed by atoms with E-state index < -0.39 is 12.3 Å². The van der Waals surface area contributed by atoms with Gasteiger partial charge in [-0.3, -0.25) is 14.5 Å². The van der Waals surface area contributed by atoms with Gasteiger partial charge in [0.1, 0.15) is 0 Å². The number of hydrogen-bond acceptors (Lipinski definition) is 6. The molecule has 3 atom stereocenters. The Morgan fingerprint density at radius 3 is 2.28 bits per heavy atom. The van der Waals surface area contributed by atoms with Crippen molar-refractivity contribution in [2.75, 3.05) is 13.1 Å². The monoisotopic (exact) mass is 536 g/mol. The normalized spacial score (nSPS) is 21.6. The molecule has 0 radical (unpaired) electrons. The molecule has 3 N–H and O–H groups in total. The number of aliphatic hydroxyl groups is 1. The van der Waals surface area contributed by atoms with Crippen LogP contribution in [0.1, 0.15) is 79.6 Å². The highest BCUT2D eigenvalue weighted by Crippen LogP contribution is 2.38. The highest BCUT2D eigenvalue weighted by Gasteiger charge is 2.34. The molecule has 8 nitrogen and oxygen atoms in total. The zero-order chi connectivity index (χ0) is 27.6. The van der Waals surface area contributed by atoms with Gasteiger partial charge in [0.15, 0.2) is 6.29 Å². The Balaban J connectivity index is 1.46. The molecule has 2 aromatic rings. The van der Waals surface area contributed by atoms with Crippen molar-refractivity contribution in [3.8, 4) is 0 Å². The van der Waals surface area contributed by atoms with Crippen molar-refractivity contribution < 1.29 is 29.3 Å². The number of aliphatic hydroxyl groups excluding tert-OH is 1. The molecule has 39 heavy (non-hydrogen) atoms. The summed E-state index contributed by atoms with van der Waals surface area (Å²) < 4.78 is 13.0. The van der Waals surface area contributed by atoms with E-state index in [1.165, 1.54) is 25.7 Å². The Morgan fingerprint density at radius 1 is 0.974 bits per heavy atom. The molecule has 2 fully saturated rings. The van der Waals surface area contributed by atoms with Crippen LogP contribution in [-0.2, 0) is 32.2 Å². The Labute approximate surface area is 230 Å². The van der Waals surface area contributed by atoms with E-state index in [1.807, 2.05) is 54.6 Å². The molecule has 1 amide bonds. The van der Waals surface area contributed by atoms with Gasteiger partial charge < -0.3 is 25.0 Å². The summed E-state index contributed by atoms with van der Waals surface area (Å²) in [6, 6.07) is 16.2. The van der Waals surface area contributed by atoms with Gasteiger partial charge in [0.05, 0.1) is 25.2 Å². The van der Waals surface area contributed by atoms with E-state index in [-0.39, 0.29) is 37.6 Å². The lowest BCUT2D eigenvalue weighted by Gasteiger charge is -2.39. The van der Waals surface area contributed by atoms with Crippen LogP contribution in [0.2, 0.25) is 0 Å². The minimum atomic E-state index is -0.987. The maximum atomic E-state index is 11.9. The van der Waals surface area contributed by atoms with Crippen molar-refractivity contribution in [2.24, 2.45) is 0 Å². The van der Waals surface area contributed by atoms with Crippen molar-refractivity contribution in [2.45, 2.75) is 82.6 Å². The number of benzene rings is 2. The average molecular weight is 537 g/mol. The molecule has 0 bridgehead atoms. The molecule has 8 heteroatoms. The van der Waals surface area contributed by atoms with Crippen LogP contribution in [0.3, 0.4) is 0 Å². The summed E-state index contributed by atoms with van der Waals surface area (Å²) in [4.78, 5) is 25.0. The molecule has 4 rings (SSSR count). The number of carbonyl (C=O) groups is 2. The number of ether oxygens (including phenoxy) is 2. The Bertz CT molecular complexity index is 1080. The van der Waals surface area contributed by atoms with Crippen LogP contribution in [0.4, 0.5) is 0 Å². The lowest BCUT2D eigenvalue weighted by molar-refractivity contribution is -0.253. The summed E-state index contributed by atoms with van der Waals surface area (Å²) in [5.74, 6) is -1.27. The van der Waals surface area contributed by atoms with Crippen molar-refractivity contribution >= 4 is 11.9 Å². The first-order valence-electron chi connectivity index (χ1n) is 13.9. The number of amides is 1. The molecule has 0 spiro atoms. The van der Waals surface area contributed by atoms with Gasteiger partial charge in [-0.2, -0.15) is 0 Å². The van der Waals surface area contributed by atoms with Crippen LogP contribution < -0.4 is 5.32 Å². The fraction of sp³-hybridized carbons (Fsp3) is 0.484. The van der Waals surface area contributed by atoms with Crippen LogP contribution in [0.15, 0.2) is 61.2 Å². The number of rotatable bonds is 13. The third-order valence-corrected chi connectivity index (χ3v) is 7.57. The lowest BCUT2D eigenvalue weighted by Crippen LogP contribution is -2.43. The highest BCUT2D eigenvalue weighted by molar-refractivity contribution is 5.80. The molecular weight excluding hydrogens is 496 g/mol. The minimum Gasteiger partial charge on any atom is -0.481 e. The summed E-state index contributed by atoms with van der Waals surface area (Å²) >= 11 is 0. The van der Waals surface area contributed by atoms with Crippen LogP contribution in [0.5, 0.6) is 0 Å². The van der Waals surface area contributed by atoms with Gasteiger partial charge >= 0.3 is 5.97 Å². The molecule has 3 unspecified atom stereocenters. The van der Waals surface area contributed by atoms with Crippen molar-refractivity contribution in [3.05, 3.63) is 83.4 Å². The second kappa shape index (κ2) is 14.4. The third kappa shape index (κ3) is 8.47. The van der Waals surface area contributed by atoms with Crippen molar-refractivity contribution in [1.29, 1.82) is 0 Å². The third-order valence-electron chi connectivity index (χ3n) is 7.57. The number of carboxylic acids is 1. The van der Waals surface area contributed by atoms with E-state index in [9.17, 15) is 14.7 Å². The second-order valence-electron chi connectivity index (χ2n) is 10.4. The summed E-state index contributed by atoms with van der Waals surface area (Å²) in [5.41, 5.74) is 3.73. The number of nitrogens with zero attached hydrogens (tertiary/aromatic N) is 1. The molecule has 2 aromatic carbocycles. The largest absolute Gasteiger partial charge is 0.481 e. The van der Waals surface area contributed by atoms with Gasteiger partial charge in [-0.25, -0.2) is 0 Å². The Morgan fingerprint density at radius 2 is 1.64 bits per heavy atom. The summed E-state index contributed by atoms with van der Waals surface area (Å²) in [5, 5.41) is 21.0. The molecular formula is C31H40N2O6. The second-order valence-corrected chi connectivity index (χ2v) is 10.4. The molecule has 1 aliphatic heterocycles. The van der Waals surface area contributed by atoms with E-state index in [1.54, 1.807) is 0 Å². The number of carboxylic acid groups (broad SMARTS) is 1. The van der Waals surface area contributed by atoms with Crippen LogP contribution in [-0.4, -0.2) is 52.2 Å². The predicted octanol–water partition coefficient (Wildman–Crippen LogP) is 4.64.